The van der Waals surface area contributed by atoms with Crippen molar-refractivity contribution in [3.05, 3.63) is 45.6 Å². The molecule has 2 heterocycles. The summed E-state index contributed by atoms with van der Waals surface area (Å²) in [7, 11) is -3.53. The van der Waals surface area contributed by atoms with Crippen LogP contribution in [0.4, 0.5) is 5.69 Å². The number of anilines is 1. The van der Waals surface area contributed by atoms with E-state index >= 15 is 0 Å². The fourth-order valence-electron chi connectivity index (χ4n) is 4.97. The van der Waals surface area contributed by atoms with Crippen molar-refractivity contribution in [3.63, 3.8) is 0 Å². The van der Waals surface area contributed by atoms with Gasteiger partial charge >= 0.3 is 0 Å². The Kier molecular flexibility index (Phi) is 8.30. The number of rotatable bonds is 7. The van der Waals surface area contributed by atoms with Gasteiger partial charge in [0.2, 0.25) is 5.91 Å². The van der Waals surface area contributed by atoms with Gasteiger partial charge in [0.1, 0.15) is 5.54 Å². The summed E-state index contributed by atoms with van der Waals surface area (Å²) in [5.41, 5.74) is -0.582. The number of nitrogens with zero attached hydrogens (tertiary/aromatic N) is 1. The van der Waals surface area contributed by atoms with E-state index in [2.05, 4.69) is 10.6 Å². The number of benzene rings is 1. The maximum Gasteiger partial charge on any atom is 0.262 e. The molecule has 200 valence electrons. The Morgan fingerprint density at radius 2 is 1.81 bits per heavy atom. The number of carbonyl (C=O) groups is 3. The monoisotopic (exact) mass is 565 g/mol. The maximum absolute atomic E-state index is 13.5. The first-order valence-electron chi connectivity index (χ1n) is 12.5. The summed E-state index contributed by atoms with van der Waals surface area (Å²) in [6.45, 7) is 3.66. The number of sulfone groups is 1. The molecular weight excluding hydrogens is 534 g/mol. The van der Waals surface area contributed by atoms with Crippen molar-refractivity contribution in [3.8, 4) is 0 Å². The lowest BCUT2D eigenvalue weighted by Gasteiger charge is -2.39. The summed E-state index contributed by atoms with van der Waals surface area (Å²) in [6.07, 6.45) is 3.91. The van der Waals surface area contributed by atoms with Crippen LogP contribution >= 0.6 is 22.9 Å². The standard InChI is InChI=1S/C26H32ClN3O5S2/c1-17(2)37(34,35)22-9-5-4-8-19(22)30-15-12-18(20(31)16-30)28-25(33)26(13-6-3-7-14-26)29-24(32)21-10-11-23(27)36-21/h4-5,8-11,17-18H,3,6-7,12-16H2,1-2H3,(H,28,33)(H,29,32). The van der Waals surface area contributed by atoms with E-state index in [4.69, 9.17) is 11.6 Å². The molecule has 0 bridgehead atoms. The van der Waals surface area contributed by atoms with Gasteiger partial charge in [0.15, 0.2) is 15.6 Å². The fraction of sp³-hybridized carbons (Fsp3) is 0.500. The van der Waals surface area contributed by atoms with Crippen LogP contribution < -0.4 is 15.5 Å². The maximum atomic E-state index is 13.5. The molecule has 4 rings (SSSR count). The number of Topliss-reactive ketones (excluding diaryl/α,β-unsaturated/α-hetero) is 1. The lowest BCUT2D eigenvalue weighted by molar-refractivity contribution is -0.133. The minimum atomic E-state index is -3.53. The second-order valence-electron chi connectivity index (χ2n) is 9.96. The Morgan fingerprint density at radius 3 is 2.43 bits per heavy atom. The molecule has 8 nitrogen and oxygen atoms in total. The number of hydrogen-bond acceptors (Lipinski definition) is 7. The van der Waals surface area contributed by atoms with Crippen LogP contribution in [0.2, 0.25) is 4.34 Å². The third-order valence-electron chi connectivity index (χ3n) is 7.15. The number of carbonyl (C=O) groups excluding carboxylic acids is 3. The summed E-state index contributed by atoms with van der Waals surface area (Å²) >= 11 is 7.13. The van der Waals surface area contributed by atoms with Crippen molar-refractivity contribution >= 4 is 56.1 Å². The Hall–Kier alpha value is -2.43. The number of piperidine rings is 1. The van der Waals surface area contributed by atoms with Crippen LogP contribution in [0, 0.1) is 0 Å². The van der Waals surface area contributed by atoms with E-state index in [0.29, 0.717) is 40.7 Å². The van der Waals surface area contributed by atoms with Gasteiger partial charge in [-0.2, -0.15) is 0 Å². The molecule has 2 aromatic rings. The molecule has 1 atom stereocenters. The molecule has 1 aliphatic carbocycles. The van der Waals surface area contributed by atoms with Crippen LogP contribution in [0.3, 0.4) is 0 Å². The van der Waals surface area contributed by atoms with Crippen molar-refractivity contribution in [2.45, 2.75) is 74.1 Å². The molecule has 0 radical (unpaired) electrons. The highest BCUT2D eigenvalue weighted by atomic mass is 35.5. The summed E-state index contributed by atoms with van der Waals surface area (Å²) < 4.78 is 26.3. The molecule has 0 spiro atoms. The Morgan fingerprint density at radius 1 is 1.11 bits per heavy atom. The van der Waals surface area contributed by atoms with Gasteiger partial charge in [-0.15, -0.1) is 11.3 Å². The molecule has 2 aliphatic rings. The highest BCUT2D eigenvalue weighted by Gasteiger charge is 2.43. The minimum absolute atomic E-state index is 0.0113. The smallest absolute Gasteiger partial charge is 0.262 e. The van der Waals surface area contributed by atoms with E-state index < -0.39 is 26.7 Å². The number of amides is 2. The molecule has 1 aromatic carbocycles. The number of ketones is 1. The summed E-state index contributed by atoms with van der Waals surface area (Å²) in [5.74, 6) is -0.894. The molecule has 1 saturated carbocycles. The van der Waals surface area contributed by atoms with Gasteiger partial charge in [0.25, 0.3) is 5.91 Å². The van der Waals surface area contributed by atoms with Crippen LogP contribution in [0.15, 0.2) is 41.3 Å². The SMILES string of the molecule is CC(C)S(=O)(=O)c1ccccc1N1CCC(NC(=O)C2(NC(=O)c3ccc(Cl)s3)CCCCC2)C(=O)C1. The lowest BCUT2D eigenvalue weighted by Crippen LogP contribution is -2.63. The highest BCUT2D eigenvalue weighted by Crippen LogP contribution is 2.32. The quantitative estimate of drug-likeness (QED) is 0.525. The first-order valence-corrected chi connectivity index (χ1v) is 15.3. The van der Waals surface area contributed by atoms with Gasteiger partial charge in [-0.3, -0.25) is 14.4 Å². The van der Waals surface area contributed by atoms with E-state index in [1.165, 1.54) is 0 Å². The number of halogens is 1. The molecule has 2 fully saturated rings. The number of nitrogens with one attached hydrogen (secondary N) is 2. The molecule has 37 heavy (non-hydrogen) atoms. The summed E-state index contributed by atoms with van der Waals surface area (Å²) in [4.78, 5) is 42.0. The molecule has 1 saturated heterocycles. The third-order valence-corrected chi connectivity index (χ3v) is 10.6. The fourth-order valence-corrected chi connectivity index (χ4v) is 7.17. The van der Waals surface area contributed by atoms with Crippen LogP contribution in [-0.2, 0) is 19.4 Å². The molecule has 1 unspecified atom stereocenters. The van der Waals surface area contributed by atoms with Gasteiger partial charge in [-0.1, -0.05) is 43.0 Å². The second-order valence-corrected chi connectivity index (χ2v) is 14.2. The van der Waals surface area contributed by atoms with Gasteiger partial charge < -0.3 is 15.5 Å². The van der Waals surface area contributed by atoms with Crippen molar-refractivity contribution < 1.29 is 22.8 Å². The first-order chi connectivity index (χ1) is 17.5. The molecule has 1 aliphatic heterocycles. The average Bonchev–Trinajstić information content (AvgIpc) is 3.32. The predicted molar refractivity (Wildman–Crippen MR) is 145 cm³/mol. The average molecular weight is 566 g/mol. The van der Waals surface area contributed by atoms with E-state index in [0.717, 1.165) is 30.6 Å². The largest absolute Gasteiger partial charge is 0.363 e. The lowest BCUT2D eigenvalue weighted by atomic mass is 9.80. The third kappa shape index (κ3) is 5.86. The molecule has 2 amide bonds. The Labute approximate surface area is 226 Å². The van der Waals surface area contributed by atoms with Crippen LogP contribution in [0.25, 0.3) is 0 Å². The Bertz CT molecular complexity index is 1280. The van der Waals surface area contributed by atoms with Crippen LogP contribution in [0.5, 0.6) is 0 Å². The normalized spacial score (nSPS) is 20.1. The van der Waals surface area contributed by atoms with Crippen molar-refractivity contribution in [1.29, 1.82) is 0 Å². The highest BCUT2D eigenvalue weighted by molar-refractivity contribution is 7.92. The van der Waals surface area contributed by atoms with E-state index in [1.54, 1.807) is 55.1 Å². The molecule has 1 aromatic heterocycles. The van der Waals surface area contributed by atoms with Crippen molar-refractivity contribution in [2.24, 2.45) is 0 Å². The van der Waals surface area contributed by atoms with Gasteiger partial charge in [-0.05, 0) is 57.4 Å². The number of hydrogen-bond donors (Lipinski definition) is 2. The van der Waals surface area contributed by atoms with Gasteiger partial charge in [0.05, 0.1) is 37.6 Å². The van der Waals surface area contributed by atoms with Crippen molar-refractivity contribution in [2.75, 3.05) is 18.0 Å². The second kappa shape index (κ2) is 11.1. The summed E-state index contributed by atoms with van der Waals surface area (Å²) in [5, 5.41) is 5.26. The van der Waals surface area contributed by atoms with E-state index in [9.17, 15) is 22.8 Å². The van der Waals surface area contributed by atoms with Gasteiger partial charge in [0, 0.05) is 6.54 Å². The molecule has 11 heteroatoms. The molecule has 2 N–H and O–H groups in total. The molecular formula is C26H32ClN3O5S2. The minimum Gasteiger partial charge on any atom is -0.363 e. The van der Waals surface area contributed by atoms with E-state index in [1.807, 2.05) is 0 Å². The topological polar surface area (TPSA) is 113 Å². The zero-order chi connectivity index (χ0) is 26.8. The predicted octanol–water partition coefficient (Wildman–Crippen LogP) is 3.98. The zero-order valence-corrected chi connectivity index (χ0v) is 23.3. The van der Waals surface area contributed by atoms with Crippen molar-refractivity contribution in [1.82, 2.24) is 10.6 Å². The zero-order valence-electron chi connectivity index (χ0n) is 21.0. The van der Waals surface area contributed by atoms with E-state index in [-0.39, 0.29) is 29.0 Å². The Balaban J connectivity index is 1.47. The van der Waals surface area contributed by atoms with Crippen LogP contribution in [0.1, 0.15) is 62.0 Å². The first kappa shape index (κ1) is 27.6. The number of thiophene rings is 1. The number of para-hydroxylation sites is 1. The van der Waals surface area contributed by atoms with Crippen LogP contribution in [-0.4, -0.2) is 55.9 Å². The van der Waals surface area contributed by atoms with Gasteiger partial charge in [-0.25, -0.2) is 8.42 Å². The summed E-state index contributed by atoms with van der Waals surface area (Å²) in [6, 6.07) is 9.28.